The number of amides is 1. The van der Waals surface area contributed by atoms with Crippen molar-refractivity contribution in [1.29, 1.82) is 0 Å². The Morgan fingerprint density at radius 1 is 1.35 bits per heavy atom. The van der Waals surface area contributed by atoms with E-state index >= 15 is 0 Å². The zero-order valence-corrected chi connectivity index (χ0v) is 12.8. The van der Waals surface area contributed by atoms with Gasteiger partial charge in [-0.15, -0.1) is 5.10 Å². The summed E-state index contributed by atoms with van der Waals surface area (Å²) in [5, 5.41) is 17.3. The van der Waals surface area contributed by atoms with Crippen molar-refractivity contribution in [2.24, 2.45) is 0 Å². The van der Waals surface area contributed by atoms with Gasteiger partial charge in [0.1, 0.15) is 0 Å². The second-order valence-electron chi connectivity index (χ2n) is 5.91. The molecule has 23 heavy (non-hydrogen) atoms. The van der Waals surface area contributed by atoms with Crippen molar-refractivity contribution in [3.05, 3.63) is 41.2 Å². The summed E-state index contributed by atoms with van der Waals surface area (Å²) in [5.41, 5.74) is 2.20. The second-order valence-corrected chi connectivity index (χ2v) is 5.91. The van der Waals surface area contributed by atoms with E-state index in [2.05, 4.69) is 21.5 Å². The number of nitrogens with zero attached hydrogens (tertiary/aromatic N) is 4. The number of fused-ring (bicyclic) bond motifs is 2. The molecule has 1 unspecified atom stereocenters. The van der Waals surface area contributed by atoms with Crippen LogP contribution in [0.15, 0.2) is 24.3 Å². The van der Waals surface area contributed by atoms with Crippen LogP contribution in [-0.4, -0.2) is 50.4 Å². The monoisotopic (exact) mass is 313 g/mol. The van der Waals surface area contributed by atoms with Crippen molar-refractivity contribution < 1.29 is 9.90 Å². The minimum Gasteiger partial charge on any atom is -0.394 e. The molecule has 7 heteroatoms. The zero-order chi connectivity index (χ0) is 15.8. The number of aliphatic hydroxyl groups is 1. The minimum absolute atomic E-state index is 0.103. The molecule has 2 N–H and O–H groups in total. The van der Waals surface area contributed by atoms with Gasteiger partial charge in [0, 0.05) is 19.6 Å². The molecule has 0 saturated heterocycles. The van der Waals surface area contributed by atoms with E-state index in [0.717, 1.165) is 31.5 Å². The molecular formula is C16H19N5O2. The lowest BCUT2D eigenvalue weighted by Crippen LogP contribution is -2.42. The van der Waals surface area contributed by atoms with E-state index in [0.29, 0.717) is 12.5 Å². The molecule has 0 radical (unpaired) electrons. The predicted molar refractivity (Wildman–Crippen MR) is 84.1 cm³/mol. The Labute approximate surface area is 133 Å². The molecule has 1 amide bonds. The molecule has 1 aromatic carbocycles. The summed E-state index contributed by atoms with van der Waals surface area (Å²) in [4.78, 5) is 18.8. The van der Waals surface area contributed by atoms with Crippen molar-refractivity contribution >= 4 is 11.9 Å². The standard InChI is InChI=1S/C16H19N5O2/c22-10-13-12-5-2-1-4-11(12)6-9-20(13)15(23)14-18-16-17-7-3-8-21(16)19-14/h1-2,4-5,13,22H,3,6-10H2,(H,17,18,19). The molecule has 0 spiro atoms. The van der Waals surface area contributed by atoms with Crippen LogP contribution < -0.4 is 5.32 Å². The second kappa shape index (κ2) is 5.66. The summed E-state index contributed by atoms with van der Waals surface area (Å²) < 4.78 is 1.74. The molecule has 0 saturated carbocycles. The Hall–Kier alpha value is -2.41. The van der Waals surface area contributed by atoms with Crippen LogP contribution in [0.2, 0.25) is 0 Å². The van der Waals surface area contributed by atoms with Crippen LogP contribution in [0.4, 0.5) is 5.95 Å². The molecular weight excluding hydrogens is 294 g/mol. The summed E-state index contributed by atoms with van der Waals surface area (Å²) >= 11 is 0. The van der Waals surface area contributed by atoms with Gasteiger partial charge in [-0.25, -0.2) is 4.68 Å². The summed E-state index contributed by atoms with van der Waals surface area (Å²) in [6.07, 6.45) is 1.75. The Morgan fingerprint density at radius 2 is 2.22 bits per heavy atom. The lowest BCUT2D eigenvalue weighted by molar-refractivity contribution is 0.0556. The smallest absolute Gasteiger partial charge is 0.294 e. The van der Waals surface area contributed by atoms with E-state index in [1.165, 1.54) is 5.56 Å². The Bertz CT molecular complexity index is 718. The number of aromatic nitrogens is 3. The topological polar surface area (TPSA) is 83.3 Å². The molecule has 0 aliphatic carbocycles. The van der Waals surface area contributed by atoms with Gasteiger partial charge in [-0.2, -0.15) is 4.98 Å². The van der Waals surface area contributed by atoms with Crippen LogP contribution in [0.1, 0.15) is 34.2 Å². The van der Waals surface area contributed by atoms with E-state index in [9.17, 15) is 9.90 Å². The average Bonchev–Trinajstić information content (AvgIpc) is 3.04. The minimum atomic E-state index is -0.332. The highest BCUT2D eigenvalue weighted by Gasteiger charge is 2.33. The quantitative estimate of drug-likeness (QED) is 0.858. The number of nitrogens with one attached hydrogen (secondary N) is 1. The number of rotatable bonds is 2. The lowest BCUT2D eigenvalue weighted by Gasteiger charge is -2.35. The number of carbonyl (C=O) groups is 1. The fourth-order valence-electron chi connectivity index (χ4n) is 3.37. The van der Waals surface area contributed by atoms with Gasteiger partial charge in [0.15, 0.2) is 0 Å². The van der Waals surface area contributed by atoms with Crippen molar-refractivity contribution in [2.45, 2.75) is 25.4 Å². The maximum atomic E-state index is 12.8. The normalized spacial score (nSPS) is 19.7. The SMILES string of the molecule is O=C(c1nc2n(n1)CCCN2)N1CCc2ccccc2C1CO. The van der Waals surface area contributed by atoms with E-state index in [-0.39, 0.29) is 24.4 Å². The van der Waals surface area contributed by atoms with Gasteiger partial charge in [-0.05, 0) is 24.0 Å². The van der Waals surface area contributed by atoms with Gasteiger partial charge >= 0.3 is 0 Å². The summed E-state index contributed by atoms with van der Waals surface area (Å²) in [6, 6.07) is 7.62. The first-order valence-corrected chi connectivity index (χ1v) is 7.96. The number of aryl methyl sites for hydroxylation is 1. The van der Waals surface area contributed by atoms with Gasteiger partial charge in [0.05, 0.1) is 12.6 Å². The summed E-state index contributed by atoms with van der Waals surface area (Å²) in [6.45, 7) is 2.09. The Balaban J connectivity index is 1.64. The van der Waals surface area contributed by atoms with Crippen LogP contribution in [0.25, 0.3) is 0 Å². The van der Waals surface area contributed by atoms with Gasteiger partial charge in [0.2, 0.25) is 11.8 Å². The molecule has 2 aliphatic rings. The molecule has 0 fully saturated rings. The first-order chi connectivity index (χ1) is 11.3. The van der Waals surface area contributed by atoms with Crippen LogP contribution in [-0.2, 0) is 13.0 Å². The number of hydrogen-bond acceptors (Lipinski definition) is 5. The van der Waals surface area contributed by atoms with E-state index < -0.39 is 0 Å². The predicted octanol–water partition coefficient (Wildman–Crippen LogP) is 0.826. The third-order valence-corrected chi connectivity index (χ3v) is 4.54. The van der Waals surface area contributed by atoms with Crippen LogP contribution >= 0.6 is 0 Å². The highest BCUT2D eigenvalue weighted by molar-refractivity contribution is 5.91. The largest absolute Gasteiger partial charge is 0.394 e. The van der Waals surface area contributed by atoms with E-state index in [1.54, 1.807) is 9.58 Å². The first kappa shape index (κ1) is 14.2. The maximum absolute atomic E-state index is 12.8. The average molecular weight is 313 g/mol. The molecule has 1 atom stereocenters. The molecule has 2 aromatic rings. The number of aliphatic hydroxyl groups excluding tert-OH is 1. The number of benzene rings is 1. The summed E-state index contributed by atoms with van der Waals surface area (Å²) in [7, 11) is 0. The van der Waals surface area contributed by atoms with E-state index in [1.807, 2.05) is 18.2 Å². The summed E-state index contributed by atoms with van der Waals surface area (Å²) in [5.74, 6) is 0.632. The van der Waals surface area contributed by atoms with Gasteiger partial charge < -0.3 is 15.3 Å². The van der Waals surface area contributed by atoms with Gasteiger partial charge in [-0.1, -0.05) is 24.3 Å². The van der Waals surface area contributed by atoms with Gasteiger partial charge in [-0.3, -0.25) is 4.79 Å². The van der Waals surface area contributed by atoms with E-state index in [4.69, 9.17) is 0 Å². The third kappa shape index (κ3) is 2.37. The third-order valence-electron chi connectivity index (χ3n) is 4.54. The van der Waals surface area contributed by atoms with Crippen LogP contribution in [0.5, 0.6) is 0 Å². The van der Waals surface area contributed by atoms with Crippen LogP contribution in [0.3, 0.4) is 0 Å². The molecule has 2 aliphatic heterocycles. The Morgan fingerprint density at radius 3 is 3.04 bits per heavy atom. The molecule has 0 bridgehead atoms. The van der Waals surface area contributed by atoms with Crippen molar-refractivity contribution in [2.75, 3.05) is 25.0 Å². The van der Waals surface area contributed by atoms with Crippen LogP contribution in [0, 0.1) is 0 Å². The first-order valence-electron chi connectivity index (χ1n) is 7.96. The van der Waals surface area contributed by atoms with Crippen molar-refractivity contribution in [3.8, 4) is 0 Å². The highest BCUT2D eigenvalue weighted by Crippen LogP contribution is 2.30. The van der Waals surface area contributed by atoms with Gasteiger partial charge in [0.25, 0.3) is 5.91 Å². The number of hydrogen-bond donors (Lipinski definition) is 2. The molecule has 3 heterocycles. The molecule has 1 aromatic heterocycles. The molecule has 4 rings (SSSR count). The van der Waals surface area contributed by atoms with Crippen molar-refractivity contribution in [1.82, 2.24) is 19.7 Å². The zero-order valence-electron chi connectivity index (χ0n) is 12.8. The number of carbonyl (C=O) groups excluding carboxylic acids is 1. The molecule has 7 nitrogen and oxygen atoms in total. The number of anilines is 1. The van der Waals surface area contributed by atoms with Crippen molar-refractivity contribution in [3.63, 3.8) is 0 Å². The highest BCUT2D eigenvalue weighted by atomic mass is 16.3. The fraction of sp³-hybridized carbons (Fsp3) is 0.438. The Kier molecular flexibility index (Phi) is 3.49. The fourth-order valence-corrected chi connectivity index (χ4v) is 3.37. The lowest BCUT2D eigenvalue weighted by atomic mass is 9.93. The maximum Gasteiger partial charge on any atom is 0.294 e. The molecule has 120 valence electrons.